The molecule has 29 heteroatoms. The number of amides is 12. The third-order valence-corrected chi connectivity index (χ3v) is 17.2. The summed E-state index contributed by atoms with van der Waals surface area (Å²) in [5.41, 5.74) is 19.3. The summed E-state index contributed by atoms with van der Waals surface area (Å²) in [6.07, 6.45) is -2.84. The van der Waals surface area contributed by atoms with Crippen LogP contribution in [-0.2, 0) is 88.0 Å². The number of thioether (sulfide) groups is 1. The van der Waals surface area contributed by atoms with Gasteiger partial charge in [0.2, 0.25) is 70.1 Å². The minimum Gasteiger partial charge on any atom is -0.508 e. The maximum atomic E-state index is 14.7. The van der Waals surface area contributed by atoms with Gasteiger partial charge in [0, 0.05) is 57.9 Å². The summed E-state index contributed by atoms with van der Waals surface area (Å²) in [7, 11) is 0. The van der Waals surface area contributed by atoms with E-state index in [2.05, 4.69) is 47.9 Å². The lowest BCUT2D eigenvalue weighted by molar-refractivity contribution is -0.145. The quantitative estimate of drug-likeness (QED) is 0.0258. The molecule has 1 unspecified atom stereocenters. The molecule has 28 nitrogen and oxygen atoms in total. The van der Waals surface area contributed by atoms with Crippen molar-refractivity contribution in [2.24, 2.45) is 29.0 Å². The van der Waals surface area contributed by atoms with E-state index in [4.69, 9.17) is 17.2 Å². The third kappa shape index (κ3) is 27.6. The van der Waals surface area contributed by atoms with Gasteiger partial charge in [-0.2, -0.15) is 0 Å². The molecule has 1 aliphatic rings. The number of nitrogens with zero attached hydrogens (tertiary/aromatic N) is 1. The Labute approximate surface area is 580 Å². The molecule has 1 aliphatic heterocycles. The van der Waals surface area contributed by atoms with Gasteiger partial charge in [-0.15, -0.1) is 0 Å². The number of aromatic hydroxyl groups is 1. The molecule has 0 radical (unpaired) electrons. The molecule has 4 aromatic rings. The Balaban J connectivity index is 1.39. The second-order valence-corrected chi connectivity index (χ2v) is 26.3. The zero-order chi connectivity index (χ0) is 72.7. The first-order chi connectivity index (χ1) is 47.1. The van der Waals surface area contributed by atoms with E-state index < -0.39 is 151 Å². The smallest absolute Gasteiger partial charge is 0.252 e. The van der Waals surface area contributed by atoms with E-state index in [9.17, 15) is 72.5 Å². The van der Waals surface area contributed by atoms with Crippen LogP contribution in [0, 0.1) is 11.8 Å². The van der Waals surface area contributed by atoms with Gasteiger partial charge in [0.25, 0.3) is 5.91 Å². The van der Waals surface area contributed by atoms with Gasteiger partial charge in [0.15, 0.2) is 0 Å². The standard InChI is InChI=1S/C70H95N13O15S/c1-41(2)35-55(70(98)99-34-32-74-43(5)84)81-61(89)49(23-15-31-71)76-68(96)60(42(3)4)82-66(94)53(38-47-25-27-48(85)28-26-47)77-62(90)50(29-30-58(72)87)75-65(93)54(40-59(73)88)79-63(91)51(36-44-17-9-6-10-18-44)78-64(92)52(37-45-19-11-7-12-20-45)80-67(95)56-24-16-33-83(56)69(97)57(86)39-46-21-13-8-14-22-46/h6-14,17-22,25-28,41-42,49-57,60,85-86H,15-16,23-24,29-40,71H2,1-5H3,(H2,72,87)(H2,73,88)(H,74,84)(H,75,93)(H,76,96)(H,77,90)(H,78,92)(H,79,91)(H,80,95)(H,81,89)(H,82,94)/t49-,50-,51+,52-,53-,54-,55-,56?,57+,60-/m0/s1. The second kappa shape index (κ2) is 40.9. The lowest BCUT2D eigenvalue weighted by Gasteiger charge is -2.29. The van der Waals surface area contributed by atoms with E-state index in [0.717, 1.165) is 11.8 Å². The lowest BCUT2D eigenvalue weighted by atomic mass is 9.99. The molecule has 1 heterocycles. The molecule has 0 spiro atoms. The van der Waals surface area contributed by atoms with Crippen LogP contribution < -0.4 is 65.1 Å². The van der Waals surface area contributed by atoms with Crippen LogP contribution in [0.15, 0.2) is 115 Å². The number of hydrogen-bond acceptors (Lipinski definition) is 17. The molecule has 0 aliphatic carbocycles. The number of rotatable bonds is 40. The van der Waals surface area contributed by atoms with Crippen LogP contribution in [0.2, 0.25) is 0 Å². The van der Waals surface area contributed by atoms with Crippen molar-refractivity contribution in [2.75, 3.05) is 25.4 Å². The number of carbonyl (C=O) groups is 13. The number of hydrogen-bond donors (Lipinski definition) is 14. The molecule has 5 rings (SSSR count). The van der Waals surface area contributed by atoms with Gasteiger partial charge in [0.1, 0.15) is 60.2 Å². The molecule has 17 N–H and O–H groups in total. The van der Waals surface area contributed by atoms with Crippen molar-refractivity contribution in [1.29, 1.82) is 0 Å². The fourth-order valence-corrected chi connectivity index (χ4v) is 11.8. The first-order valence-corrected chi connectivity index (χ1v) is 34.1. The SMILES string of the molecule is CC(=O)NCCSC(=O)[C@H](CC(C)C)NC(=O)[C@H](CCCN)NC(=O)[C@@H](NC(=O)[C@H](Cc1ccc(O)cc1)NC(=O)[C@H](CCC(N)=O)NC(=O)[C@H](CC(N)=O)NC(=O)[C@@H](Cc1ccccc1)NC(=O)[C@H](Cc1ccccc1)NC(=O)C1CCCN1C(=O)[C@H](O)Cc1ccccc1)C(C)C. The number of phenolic OH excluding ortho intramolecular Hbond substituents is 1. The molecule has 536 valence electrons. The summed E-state index contributed by atoms with van der Waals surface area (Å²) in [5.74, 6) is -10.9. The van der Waals surface area contributed by atoms with E-state index in [1.54, 1.807) is 105 Å². The Morgan fingerprint density at radius 2 is 0.980 bits per heavy atom. The highest BCUT2D eigenvalue weighted by atomic mass is 32.2. The maximum Gasteiger partial charge on any atom is 0.252 e. The Bertz CT molecular complexity index is 3390. The number of aliphatic hydroxyl groups is 1. The van der Waals surface area contributed by atoms with Crippen molar-refractivity contribution in [3.8, 4) is 5.75 Å². The number of primary amides is 2. The van der Waals surface area contributed by atoms with Crippen LogP contribution in [0.25, 0.3) is 0 Å². The van der Waals surface area contributed by atoms with Crippen molar-refractivity contribution in [2.45, 2.75) is 172 Å². The van der Waals surface area contributed by atoms with E-state index in [1.807, 2.05) is 13.8 Å². The maximum absolute atomic E-state index is 14.7. The molecular weight excluding hydrogens is 1290 g/mol. The molecule has 10 atom stereocenters. The Kier molecular flexibility index (Phi) is 33.0. The van der Waals surface area contributed by atoms with Gasteiger partial charge in [-0.3, -0.25) is 62.3 Å². The van der Waals surface area contributed by atoms with Gasteiger partial charge in [0.05, 0.1) is 12.5 Å². The normalized spacial score (nSPS) is 15.4. The number of benzene rings is 4. The fraction of sp³-hybridized carbons (Fsp3) is 0.471. The van der Waals surface area contributed by atoms with Crippen LogP contribution in [0.3, 0.4) is 0 Å². The molecule has 4 aromatic carbocycles. The fourth-order valence-electron chi connectivity index (χ4n) is 11.0. The molecule has 1 fully saturated rings. The zero-order valence-electron chi connectivity index (χ0n) is 56.5. The van der Waals surface area contributed by atoms with Crippen molar-refractivity contribution < 1.29 is 72.5 Å². The summed E-state index contributed by atoms with van der Waals surface area (Å²) < 4.78 is 0. The number of likely N-dealkylation sites (tertiary alicyclic amines) is 1. The van der Waals surface area contributed by atoms with Crippen molar-refractivity contribution in [1.82, 2.24) is 52.8 Å². The first-order valence-electron chi connectivity index (χ1n) is 33.1. The van der Waals surface area contributed by atoms with Gasteiger partial charge >= 0.3 is 0 Å². The molecule has 0 saturated carbocycles. The largest absolute Gasteiger partial charge is 0.508 e. The van der Waals surface area contributed by atoms with E-state index in [-0.39, 0.29) is 99.4 Å². The number of aliphatic hydroxyl groups excluding tert-OH is 1. The van der Waals surface area contributed by atoms with Gasteiger partial charge in [-0.05, 0) is 91.3 Å². The monoisotopic (exact) mass is 1390 g/mol. The summed E-state index contributed by atoms with van der Waals surface area (Å²) in [6, 6.07) is 18.6. The van der Waals surface area contributed by atoms with Crippen molar-refractivity contribution >= 4 is 87.8 Å². The summed E-state index contributed by atoms with van der Waals surface area (Å²) in [5, 5.41) is 44.6. The molecular formula is C70H95N13O15S. The topological polar surface area (TPSA) is 452 Å². The average Bonchev–Trinajstić information content (AvgIpc) is 1.78. The highest BCUT2D eigenvalue weighted by molar-refractivity contribution is 8.13. The molecule has 1 saturated heterocycles. The Morgan fingerprint density at radius 1 is 0.535 bits per heavy atom. The van der Waals surface area contributed by atoms with Crippen molar-refractivity contribution in [3.63, 3.8) is 0 Å². The Hall–Kier alpha value is -9.74. The summed E-state index contributed by atoms with van der Waals surface area (Å²) in [6.45, 7) is 8.79. The molecule has 0 bridgehead atoms. The van der Waals surface area contributed by atoms with Crippen LogP contribution in [0.4, 0.5) is 0 Å². The number of nitrogens with one attached hydrogen (secondary N) is 9. The molecule has 0 aromatic heterocycles. The predicted octanol–water partition coefficient (Wildman–Crippen LogP) is -0.129. The number of carbonyl (C=O) groups excluding carboxylic acids is 13. The highest BCUT2D eigenvalue weighted by Gasteiger charge is 2.40. The van der Waals surface area contributed by atoms with Crippen LogP contribution in [0.1, 0.15) is 108 Å². The Morgan fingerprint density at radius 3 is 1.47 bits per heavy atom. The van der Waals surface area contributed by atoms with Gasteiger partial charge in [-0.1, -0.05) is 143 Å². The third-order valence-electron chi connectivity index (χ3n) is 16.2. The molecule has 99 heavy (non-hydrogen) atoms. The number of phenols is 1. The van der Waals surface area contributed by atoms with Crippen LogP contribution >= 0.6 is 11.8 Å². The van der Waals surface area contributed by atoms with Gasteiger partial charge in [-0.25, -0.2) is 0 Å². The summed E-state index contributed by atoms with van der Waals surface area (Å²) in [4.78, 5) is 181. The van der Waals surface area contributed by atoms with E-state index in [0.29, 0.717) is 28.7 Å². The predicted molar refractivity (Wildman–Crippen MR) is 369 cm³/mol. The van der Waals surface area contributed by atoms with Crippen LogP contribution in [0.5, 0.6) is 5.75 Å². The minimum atomic E-state index is -1.88. The van der Waals surface area contributed by atoms with Crippen molar-refractivity contribution in [3.05, 3.63) is 138 Å². The zero-order valence-corrected chi connectivity index (χ0v) is 57.3. The first kappa shape index (κ1) is 79.9. The minimum absolute atomic E-state index is 0.00239. The second-order valence-electron chi connectivity index (χ2n) is 25.2. The highest BCUT2D eigenvalue weighted by Crippen LogP contribution is 2.22. The molecule has 12 amide bonds. The van der Waals surface area contributed by atoms with Gasteiger partial charge < -0.3 is 80.2 Å². The average molecular weight is 1390 g/mol. The summed E-state index contributed by atoms with van der Waals surface area (Å²) >= 11 is 0.928. The lowest BCUT2D eigenvalue weighted by Crippen LogP contribution is -2.61. The van der Waals surface area contributed by atoms with E-state index in [1.165, 1.54) is 36.1 Å². The van der Waals surface area contributed by atoms with Crippen LogP contribution in [-0.4, -0.2) is 177 Å². The number of nitrogens with two attached hydrogens (primary N) is 3. The van der Waals surface area contributed by atoms with E-state index >= 15 is 0 Å².